The smallest absolute Gasteiger partial charge is 0.188 e. The minimum atomic E-state index is 0.112. The molecule has 0 aromatic carbocycles. The Bertz CT molecular complexity index is 594. The van der Waals surface area contributed by atoms with Crippen LogP contribution in [0.3, 0.4) is 0 Å². The second-order valence-corrected chi connectivity index (χ2v) is 8.12. The lowest BCUT2D eigenvalue weighted by molar-refractivity contribution is 0.571. The maximum atomic E-state index is 5.88. The van der Waals surface area contributed by atoms with E-state index >= 15 is 0 Å². The van der Waals surface area contributed by atoms with Crippen LogP contribution in [-0.2, 0) is 18.3 Å². The summed E-state index contributed by atoms with van der Waals surface area (Å²) in [7, 11) is 0. The SMILES string of the molecule is CC(C)(C)c1csc(CCN=C(N)NCCc2cccs2)n1. The van der Waals surface area contributed by atoms with E-state index in [1.54, 1.807) is 22.7 Å². The molecule has 0 aliphatic rings. The van der Waals surface area contributed by atoms with Crippen molar-refractivity contribution in [1.29, 1.82) is 0 Å². The summed E-state index contributed by atoms with van der Waals surface area (Å²) in [6.07, 6.45) is 1.82. The number of hydrogen-bond donors (Lipinski definition) is 2. The van der Waals surface area contributed by atoms with E-state index in [4.69, 9.17) is 5.73 Å². The number of thiophene rings is 1. The predicted octanol–water partition coefficient (Wildman–Crippen LogP) is 3.19. The minimum Gasteiger partial charge on any atom is -0.370 e. The van der Waals surface area contributed by atoms with Gasteiger partial charge in [0.1, 0.15) is 0 Å². The molecule has 0 unspecified atom stereocenters. The number of nitrogens with one attached hydrogen (secondary N) is 1. The third-order valence-corrected chi connectivity index (χ3v) is 5.03. The molecule has 0 radical (unpaired) electrons. The van der Waals surface area contributed by atoms with E-state index in [1.165, 1.54) is 4.88 Å². The first-order valence-corrected chi connectivity index (χ1v) is 9.22. The third-order valence-electron chi connectivity index (χ3n) is 3.19. The molecule has 3 N–H and O–H groups in total. The number of nitrogens with two attached hydrogens (primary N) is 1. The van der Waals surface area contributed by atoms with Crippen molar-refractivity contribution in [3.05, 3.63) is 38.5 Å². The molecule has 0 aliphatic carbocycles. The summed E-state index contributed by atoms with van der Waals surface area (Å²) in [6.45, 7) is 8.04. The quantitative estimate of drug-likeness (QED) is 0.629. The minimum absolute atomic E-state index is 0.112. The van der Waals surface area contributed by atoms with Crippen LogP contribution < -0.4 is 11.1 Å². The highest BCUT2D eigenvalue weighted by Gasteiger charge is 2.17. The number of rotatable bonds is 6. The molecule has 2 aromatic rings. The number of aliphatic imine (C=N–C) groups is 1. The number of nitrogens with zero attached hydrogens (tertiary/aromatic N) is 2. The van der Waals surface area contributed by atoms with Crippen molar-refractivity contribution < 1.29 is 0 Å². The normalized spacial score (nSPS) is 12.6. The van der Waals surface area contributed by atoms with Gasteiger partial charge in [0.2, 0.25) is 0 Å². The van der Waals surface area contributed by atoms with E-state index in [2.05, 4.69) is 59.0 Å². The molecule has 0 saturated carbocycles. The number of thiazole rings is 1. The number of hydrogen-bond acceptors (Lipinski definition) is 4. The third kappa shape index (κ3) is 5.42. The number of aromatic nitrogens is 1. The molecule has 4 nitrogen and oxygen atoms in total. The Morgan fingerprint density at radius 2 is 2.14 bits per heavy atom. The van der Waals surface area contributed by atoms with Gasteiger partial charge in [-0.2, -0.15) is 0 Å². The monoisotopic (exact) mass is 336 g/mol. The van der Waals surface area contributed by atoms with Crippen molar-refractivity contribution in [2.45, 2.75) is 39.0 Å². The zero-order valence-electron chi connectivity index (χ0n) is 13.4. The van der Waals surface area contributed by atoms with Gasteiger partial charge in [0, 0.05) is 35.2 Å². The molecule has 0 bridgehead atoms. The first kappa shape index (κ1) is 17.0. The highest BCUT2D eigenvalue weighted by atomic mass is 32.1. The van der Waals surface area contributed by atoms with Crippen LogP contribution in [-0.4, -0.2) is 24.0 Å². The fourth-order valence-corrected chi connectivity index (χ4v) is 3.59. The van der Waals surface area contributed by atoms with Gasteiger partial charge in [0.25, 0.3) is 0 Å². The van der Waals surface area contributed by atoms with Crippen molar-refractivity contribution in [1.82, 2.24) is 10.3 Å². The average Bonchev–Trinajstić information content (AvgIpc) is 3.09. The maximum Gasteiger partial charge on any atom is 0.188 e. The van der Waals surface area contributed by atoms with Gasteiger partial charge in [-0.3, -0.25) is 4.99 Å². The molecule has 120 valence electrons. The predicted molar refractivity (Wildman–Crippen MR) is 97.0 cm³/mol. The van der Waals surface area contributed by atoms with E-state index in [0.717, 1.165) is 30.1 Å². The molecule has 2 aromatic heterocycles. The largest absolute Gasteiger partial charge is 0.370 e. The Labute approximate surface area is 140 Å². The highest BCUT2D eigenvalue weighted by Crippen LogP contribution is 2.23. The van der Waals surface area contributed by atoms with Crippen LogP contribution in [0.4, 0.5) is 0 Å². The summed E-state index contributed by atoms with van der Waals surface area (Å²) in [4.78, 5) is 10.4. The standard InChI is InChI=1S/C16H24N4S2/c1-16(2,3)13-11-22-14(20-13)7-9-19-15(17)18-8-6-12-5-4-10-21-12/h4-5,10-11H,6-9H2,1-3H3,(H3,17,18,19). The fourth-order valence-electron chi connectivity index (χ4n) is 1.87. The summed E-state index contributed by atoms with van der Waals surface area (Å²) >= 11 is 3.47. The Morgan fingerprint density at radius 3 is 2.77 bits per heavy atom. The maximum absolute atomic E-state index is 5.88. The lowest BCUT2D eigenvalue weighted by atomic mass is 9.93. The van der Waals surface area contributed by atoms with Crippen molar-refractivity contribution in [2.24, 2.45) is 10.7 Å². The van der Waals surface area contributed by atoms with Crippen LogP contribution in [0.1, 0.15) is 36.3 Å². The molecule has 0 amide bonds. The van der Waals surface area contributed by atoms with Gasteiger partial charge in [0.15, 0.2) is 5.96 Å². The van der Waals surface area contributed by atoms with Crippen molar-refractivity contribution in [3.63, 3.8) is 0 Å². The Balaban J connectivity index is 1.71. The molecular formula is C16H24N4S2. The van der Waals surface area contributed by atoms with E-state index < -0.39 is 0 Å². The Kier molecular flexibility index (Phi) is 5.97. The summed E-state index contributed by atoms with van der Waals surface area (Å²) in [5.74, 6) is 0.518. The van der Waals surface area contributed by atoms with Gasteiger partial charge >= 0.3 is 0 Å². The molecule has 22 heavy (non-hydrogen) atoms. The van der Waals surface area contributed by atoms with Crippen molar-refractivity contribution >= 4 is 28.6 Å². The van der Waals surface area contributed by atoms with E-state index in [-0.39, 0.29) is 5.41 Å². The number of guanidine groups is 1. The molecule has 6 heteroatoms. The summed E-state index contributed by atoms with van der Waals surface area (Å²) in [5.41, 5.74) is 7.14. The molecule has 0 atom stereocenters. The first-order valence-electron chi connectivity index (χ1n) is 7.46. The van der Waals surface area contributed by atoms with E-state index in [9.17, 15) is 0 Å². The molecule has 0 saturated heterocycles. The van der Waals surface area contributed by atoms with Gasteiger partial charge in [-0.1, -0.05) is 26.8 Å². The molecular weight excluding hydrogens is 312 g/mol. The topological polar surface area (TPSA) is 63.3 Å². The second-order valence-electron chi connectivity index (χ2n) is 6.15. The van der Waals surface area contributed by atoms with Gasteiger partial charge in [-0.25, -0.2) is 4.98 Å². The molecule has 0 spiro atoms. The molecule has 0 fully saturated rings. The van der Waals surface area contributed by atoms with Gasteiger partial charge in [-0.15, -0.1) is 22.7 Å². The van der Waals surface area contributed by atoms with Gasteiger partial charge in [-0.05, 0) is 17.9 Å². The van der Waals surface area contributed by atoms with Crippen LogP contribution in [0.2, 0.25) is 0 Å². The van der Waals surface area contributed by atoms with Crippen LogP contribution in [0.25, 0.3) is 0 Å². The van der Waals surface area contributed by atoms with Crippen LogP contribution in [0.15, 0.2) is 27.9 Å². The zero-order valence-corrected chi connectivity index (χ0v) is 15.1. The summed E-state index contributed by atoms with van der Waals surface area (Å²) < 4.78 is 0. The Hall–Kier alpha value is -1.40. The lowest BCUT2D eigenvalue weighted by Gasteiger charge is -2.14. The van der Waals surface area contributed by atoms with Crippen molar-refractivity contribution in [3.8, 4) is 0 Å². The first-order chi connectivity index (χ1) is 10.4. The summed E-state index contributed by atoms with van der Waals surface area (Å²) in [6, 6.07) is 4.20. The fraction of sp³-hybridized carbons (Fsp3) is 0.500. The van der Waals surface area contributed by atoms with Crippen LogP contribution >= 0.6 is 22.7 Å². The van der Waals surface area contributed by atoms with Gasteiger partial charge in [0.05, 0.1) is 10.7 Å². The molecule has 2 rings (SSSR count). The van der Waals surface area contributed by atoms with Crippen LogP contribution in [0, 0.1) is 0 Å². The molecule has 0 aliphatic heterocycles. The Morgan fingerprint density at radius 1 is 1.32 bits per heavy atom. The van der Waals surface area contributed by atoms with Crippen LogP contribution in [0.5, 0.6) is 0 Å². The second kappa shape index (κ2) is 7.74. The van der Waals surface area contributed by atoms with Gasteiger partial charge < -0.3 is 11.1 Å². The van der Waals surface area contributed by atoms with E-state index in [0.29, 0.717) is 12.5 Å². The lowest BCUT2D eigenvalue weighted by Crippen LogP contribution is -2.33. The summed E-state index contributed by atoms with van der Waals surface area (Å²) in [5, 5.41) is 8.51. The average molecular weight is 337 g/mol. The molecule has 2 heterocycles. The highest BCUT2D eigenvalue weighted by molar-refractivity contribution is 7.10. The van der Waals surface area contributed by atoms with E-state index in [1.807, 2.05) is 0 Å². The van der Waals surface area contributed by atoms with Crippen molar-refractivity contribution in [2.75, 3.05) is 13.1 Å². The zero-order chi connectivity index (χ0) is 16.0.